The van der Waals surface area contributed by atoms with Gasteiger partial charge in [0.2, 0.25) is 5.43 Å². The summed E-state index contributed by atoms with van der Waals surface area (Å²) in [6.07, 6.45) is 5.16. The van der Waals surface area contributed by atoms with Gasteiger partial charge in [-0.15, -0.1) is 0 Å². The van der Waals surface area contributed by atoms with Crippen LogP contribution in [-0.4, -0.2) is 27.5 Å². The average Bonchev–Trinajstić information content (AvgIpc) is 2.80. The molecule has 0 radical (unpaired) electrons. The first-order valence-corrected chi connectivity index (χ1v) is 11.4. The lowest BCUT2D eigenvalue weighted by Crippen LogP contribution is -2.27. The maximum absolute atomic E-state index is 14.4. The van der Waals surface area contributed by atoms with Gasteiger partial charge < -0.3 is 19.5 Å². The van der Waals surface area contributed by atoms with Gasteiger partial charge in [-0.05, 0) is 48.1 Å². The predicted molar refractivity (Wildman–Crippen MR) is 124 cm³/mol. The highest BCUT2D eigenvalue weighted by Crippen LogP contribution is 2.35. The van der Waals surface area contributed by atoms with Gasteiger partial charge in [0.05, 0.1) is 29.4 Å². The number of aliphatic hydroxyl groups is 1. The van der Waals surface area contributed by atoms with E-state index in [0.29, 0.717) is 16.6 Å². The molecular formula is C25H25ClFNO5. The first-order valence-electron chi connectivity index (χ1n) is 11.0. The van der Waals surface area contributed by atoms with Gasteiger partial charge in [-0.2, -0.15) is 0 Å². The minimum Gasteiger partial charge on any atom is -0.449 e. The SMILES string of the molecule is O=C(O)Oc1cn([C@H](CO)C2CCCCC2)c2ccc(Cc3cccc(Cl)c3F)cc2c1=O. The number of halogens is 2. The molecule has 0 saturated heterocycles. The molecule has 1 fully saturated rings. The number of carboxylic acid groups (broad SMARTS) is 1. The van der Waals surface area contributed by atoms with Crippen molar-refractivity contribution in [2.45, 2.75) is 44.6 Å². The van der Waals surface area contributed by atoms with Crippen LogP contribution in [-0.2, 0) is 6.42 Å². The van der Waals surface area contributed by atoms with Crippen LogP contribution in [0.15, 0.2) is 47.4 Å². The van der Waals surface area contributed by atoms with Gasteiger partial charge in [0.25, 0.3) is 0 Å². The summed E-state index contributed by atoms with van der Waals surface area (Å²) >= 11 is 5.89. The molecule has 0 spiro atoms. The van der Waals surface area contributed by atoms with Crippen LogP contribution >= 0.6 is 11.6 Å². The number of aromatic nitrogens is 1. The predicted octanol–water partition coefficient (Wildman–Crippen LogP) is 5.56. The van der Waals surface area contributed by atoms with E-state index in [4.69, 9.17) is 21.4 Å². The molecule has 3 aromatic rings. The summed E-state index contributed by atoms with van der Waals surface area (Å²) in [6, 6.07) is 9.60. The number of carbonyl (C=O) groups is 1. The number of nitrogens with zero attached hydrogens (tertiary/aromatic N) is 1. The van der Waals surface area contributed by atoms with Gasteiger partial charge in [-0.25, -0.2) is 9.18 Å². The highest BCUT2D eigenvalue weighted by atomic mass is 35.5. The number of hydrogen-bond acceptors (Lipinski definition) is 4. The lowest BCUT2D eigenvalue weighted by molar-refractivity contribution is 0.141. The third kappa shape index (κ3) is 4.89. The first kappa shape index (κ1) is 23.3. The van der Waals surface area contributed by atoms with Gasteiger partial charge in [0.15, 0.2) is 5.75 Å². The van der Waals surface area contributed by atoms with Crippen molar-refractivity contribution in [2.75, 3.05) is 6.61 Å². The van der Waals surface area contributed by atoms with Crippen LogP contribution in [0.5, 0.6) is 5.75 Å². The number of ether oxygens (including phenoxy) is 1. The Morgan fingerprint density at radius 2 is 1.97 bits per heavy atom. The number of aliphatic hydroxyl groups excluding tert-OH is 1. The Hall–Kier alpha value is -2.90. The van der Waals surface area contributed by atoms with Crippen molar-refractivity contribution in [1.82, 2.24) is 4.57 Å². The van der Waals surface area contributed by atoms with Gasteiger partial charge in [-0.3, -0.25) is 4.79 Å². The standard InChI is InChI=1S/C25H25ClFNO5/c26-19-8-4-7-17(23(19)27)11-15-9-10-20-18(12-15)24(30)22(33-25(31)32)13-28(20)21(14-29)16-5-2-1-3-6-16/h4,7-10,12-13,16,21,29H,1-3,5-6,11,14H2,(H,31,32)/t21-/m1/s1. The molecule has 1 saturated carbocycles. The molecule has 0 bridgehead atoms. The van der Waals surface area contributed by atoms with Crippen molar-refractivity contribution in [3.05, 3.63) is 74.8 Å². The molecule has 33 heavy (non-hydrogen) atoms. The van der Waals surface area contributed by atoms with Crippen LogP contribution in [0.4, 0.5) is 9.18 Å². The molecule has 0 aliphatic heterocycles. The molecule has 1 aliphatic carbocycles. The Morgan fingerprint density at radius 3 is 2.67 bits per heavy atom. The van der Waals surface area contributed by atoms with E-state index in [1.807, 2.05) is 0 Å². The van der Waals surface area contributed by atoms with Crippen molar-refractivity contribution in [2.24, 2.45) is 5.92 Å². The minimum absolute atomic E-state index is 0.0195. The molecule has 1 aromatic heterocycles. The normalized spacial score (nSPS) is 15.5. The third-order valence-electron chi connectivity index (χ3n) is 6.43. The fraction of sp³-hybridized carbons (Fsp3) is 0.360. The summed E-state index contributed by atoms with van der Waals surface area (Å²) < 4.78 is 21.0. The van der Waals surface area contributed by atoms with Crippen molar-refractivity contribution in [3.8, 4) is 5.75 Å². The van der Waals surface area contributed by atoms with Crippen LogP contribution in [0.3, 0.4) is 0 Å². The molecule has 1 aliphatic rings. The Kier molecular flexibility index (Phi) is 7.00. The van der Waals surface area contributed by atoms with E-state index in [9.17, 15) is 19.1 Å². The Bertz CT molecular complexity index is 1240. The topological polar surface area (TPSA) is 88.8 Å². The molecule has 0 amide bonds. The molecule has 2 N–H and O–H groups in total. The highest BCUT2D eigenvalue weighted by molar-refractivity contribution is 6.30. The zero-order chi connectivity index (χ0) is 23.5. The molecular weight excluding hydrogens is 449 g/mol. The van der Waals surface area contributed by atoms with Crippen molar-refractivity contribution in [1.29, 1.82) is 0 Å². The van der Waals surface area contributed by atoms with E-state index < -0.39 is 17.4 Å². The molecule has 1 heterocycles. The Labute approximate surface area is 195 Å². The number of rotatable bonds is 6. The van der Waals surface area contributed by atoms with Gasteiger partial charge in [0.1, 0.15) is 5.82 Å². The van der Waals surface area contributed by atoms with E-state index in [0.717, 1.165) is 32.1 Å². The van der Waals surface area contributed by atoms with Crippen LogP contribution in [0.25, 0.3) is 10.9 Å². The second-order valence-corrected chi connectivity index (χ2v) is 8.89. The molecule has 6 nitrogen and oxygen atoms in total. The lowest BCUT2D eigenvalue weighted by atomic mass is 9.84. The van der Waals surface area contributed by atoms with Gasteiger partial charge >= 0.3 is 6.16 Å². The van der Waals surface area contributed by atoms with Crippen LogP contribution in [0.2, 0.25) is 5.02 Å². The van der Waals surface area contributed by atoms with Crippen molar-refractivity contribution < 1.29 is 24.1 Å². The fourth-order valence-corrected chi connectivity index (χ4v) is 5.01. The van der Waals surface area contributed by atoms with E-state index in [1.54, 1.807) is 34.9 Å². The zero-order valence-electron chi connectivity index (χ0n) is 18.0. The van der Waals surface area contributed by atoms with Crippen LogP contribution < -0.4 is 10.2 Å². The highest BCUT2D eigenvalue weighted by Gasteiger charge is 2.27. The smallest absolute Gasteiger partial charge is 0.449 e. The summed E-state index contributed by atoms with van der Waals surface area (Å²) in [7, 11) is 0. The van der Waals surface area contributed by atoms with Gasteiger partial charge in [-0.1, -0.05) is 49.1 Å². The summed E-state index contributed by atoms with van der Waals surface area (Å²) in [5.74, 6) is -0.639. The summed E-state index contributed by atoms with van der Waals surface area (Å²) in [5, 5.41) is 19.6. The van der Waals surface area contributed by atoms with Gasteiger partial charge in [0, 0.05) is 11.8 Å². The van der Waals surface area contributed by atoms with E-state index in [2.05, 4.69) is 0 Å². The Morgan fingerprint density at radius 1 is 1.21 bits per heavy atom. The molecule has 174 valence electrons. The number of pyridine rings is 1. The maximum atomic E-state index is 14.4. The largest absolute Gasteiger partial charge is 0.511 e. The number of fused-ring (bicyclic) bond motifs is 1. The second kappa shape index (κ2) is 9.93. The number of benzene rings is 2. The van der Waals surface area contributed by atoms with Crippen molar-refractivity contribution in [3.63, 3.8) is 0 Å². The van der Waals surface area contributed by atoms with E-state index in [-0.39, 0.29) is 41.1 Å². The summed E-state index contributed by atoms with van der Waals surface area (Å²) in [4.78, 5) is 24.3. The van der Waals surface area contributed by atoms with Crippen LogP contribution in [0, 0.1) is 11.7 Å². The number of hydrogen-bond donors (Lipinski definition) is 2. The first-order chi connectivity index (χ1) is 15.9. The molecule has 8 heteroatoms. The fourth-order valence-electron chi connectivity index (χ4n) is 4.82. The summed E-state index contributed by atoms with van der Waals surface area (Å²) in [5.41, 5.74) is 1.05. The minimum atomic E-state index is -1.59. The monoisotopic (exact) mass is 473 g/mol. The van der Waals surface area contributed by atoms with Crippen molar-refractivity contribution >= 4 is 28.7 Å². The molecule has 2 aromatic carbocycles. The third-order valence-corrected chi connectivity index (χ3v) is 6.72. The molecule has 4 rings (SSSR count). The van der Waals surface area contributed by atoms with Crippen LogP contribution in [0.1, 0.15) is 49.3 Å². The lowest BCUT2D eigenvalue weighted by Gasteiger charge is -2.32. The molecule has 1 atom stereocenters. The quantitative estimate of drug-likeness (QED) is 0.458. The Balaban J connectivity index is 1.83. The maximum Gasteiger partial charge on any atom is 0.511 e. The van der Waals surface area contributed by atoms with E-state index >= 15 is 0 Å². The van der Waals surface area contributed by atoms with E-state index in [1.165, 1.54) is 12.3 Å². The summed E-state index contributed by atoms with van der Waals surface area (Å²) in [6.45, 7) is -0.148. The second-order valence-electron chi connectivity index (χ2n) is 8.49. The zero-order valence-corrected chi connectivity index (χ0v) is 18.7. The average molecular weight is 474 g/mol. The molecule has 0 unspecified atom stereocenters.